The number of aromatic nitrogens is 2. The third-order valence-electron chi connectivity index (χ3n) is 3.34. The predicted octanol–water partition coefficient (Wildman–Crippen LogP) is 3.02. The van der Waals surface area contributed by atoms with Crippen LogP contribution in [0.5, 0.6) is 11.5 Å². The molecule has 7 heteroatoms. The molecule has 2 aromatic heterocycles. The Morgan fingerprint density at radius 1 is 1.16 bits per heavy atom. The van der Waals surface area contributed by atoms with Crippen molar-refractivity contribution in [3.63, 3.8) is 0 Å². The molecule has 1 N–H and O–H groups in total. The quantitative estimate of drug-likeness (QED) is 0.660. The monoisotopic (exact) mass is 355 g/mol. The van der Waals surface area contributed by atoms with Crippen molar-refractivity contribution in [2.75, 3.05) is 20.3 Å². The van der Waals surface area contributed by atoms with Gasteiger partial charge in [-0.15, -0.1) is 11.3 Å². The van der Waals surface area contributed by atoms with Gasteiger partial charge in [0.05, 0.1) is 19.3 Å². The van der Waals surface area contributed by atoms with Crippen molar-refractivity contribution >= 4 is 17.2 Å². The minimum Gasteiger partial charge on any atom is -0.497 e. The van der Waals surface area contributed by atoms with Crippen LogP contribution < -0.4 is 14.8 Å². The number of amides is 1. The first-order valence-electron chi connectivity index (χ1n) is 7.68. The van der Waals surface area contributed by atoms with Crippen molar-refractivity contribution in [2.45, 2.75) is 0 Å². The number of nitrogens with one attached hydrogen (secondary N) is 1. The van der Waals surface area contributed by atoms with E-state index in [-0.39, 0.29) is 5.91 Å². The highest BCUT2D eigenvalue weighted by Crippen LogP contribution is 2.21. The maximum absolute atomic E-state index is 12.1. The van der Waals surface area contributed by atoms with E-state index in [2.05, 4.69) is 15.3 Å². The standard InChI is InChI=1S/C18H17N3O3S/c1-23-13-5-7-14(8-6-13)24-11-10-20-17(22)16-12-25-18(21-16)15-4-2-3-9-19-15/h2-9,12H,10-11H2,1H3,(H,20,22). The van der Waals surface area contributed by atoms with Crippen LogP contribution >= 0.6 is 11.3 Å². The van der Waals surface area contributed by atoms with Gasteiger partial charge in [0.25, 0.3) is 5.91 Å². The highest BCUT2D eigenvalue weighted by atomic mass is 32.1. The molecule has 25 heavy (non-hydrogen) atoms. The number of thiazole rings is 1. The highest BCUT2D eigenvalue weighted by molar-refractivity contribution is 7.13. The summed E-state index contributed by atoms with van der Waals surface area (Å²) in [6.45, 7) is 0.761. The zero-order valence-corrected chi connectivity index (χ0v) is 14.5. The normalized spacial score (nSPS) is 10.3. The van der Waals surface area contributed by atoms with E-state index in [0.717, 1.165) is 22.2 Å². The maximum Gasteiger partial charge on any atom is 0.270 e. The van der Waals surface area contributed by atoms with Gasteiger partial charge in [-0.2, -0.15) is 0 Å². The van der Waals surface area contributed by atoms with Gasteiger partial charge in [0.1, 0.15) is 28.8 Å². The third-order valence-corrected chi connectivity index (χ3v) is 4.20. The van der Waals surface area contributed by atoms with E-state index < -0.39 is 0 Å². The summed E-state index contributed by atoms with van der Waals surface area (Å²) in [6.07, 6.45) is 1.70. The predicted molar refractivity (Wildman–Crippen MR) is 96.2 cm³/mol. The number of hydrogen-bond acceptors (Lipinski definition) is 6. The summed E-state index contributed by atoms with van der Waals surface area (Å²) in [6, 6.07) is 12.9. The Bertz CT molecular complexity index is 819. The van der Waals surface area contributed by atoms with Crippen molar-refractivity contribution in [3.8, 4) is 22.2 Å². The molecule has 0 aliphatic heterocycles. The molecule has 0 unspecified atom stereocenters. The molecule has 0 atom stereocenters. The largest absolute Gasteiger partial charge is 0.497 e. The number of benzene rings is 1. The average Bonchev–Trinajstić information content (AvgIpc) is 3.16. The molecule has 3 rings (SSSR count). The summed E-state index contributed by atoms with van der Waals surface area (Å²) >= 11 is 1.39. The van der Waals surface area contributed by atoms with Gasteiger partial charge in [-0.1, -0.05) is 6.07 Å². The van der Waals surface area contributed by atoms with Crippen molar-refractivity contribution in [1.82, 2.24) is 15.3 Å². The Kier molecular flexibility index (Phi) is 5.58. The van der Waals surface area contributed by atoms with Crippen LogP contribution in [0.4, 0.5) is 0 Å². The zero-order valence-electron chi connectivity index (χ0n) is 13.6. The number of nitrogens with zero attached hydrogens (tertiary/aromatic N) is 2. The van der Waals surface area contributed by atoms with Crippen LogP contribution in [-0.4, -0.2) is 36.1 Å². The van der Waals surface area contributed by atoms with E-state index >= 15 is 0 Å². The van der Waals surface area contributed by atoms with Crippen molar-refractivity contribution in [3.05, 3.63) is 59.7 Å². The van der Waals surface area contributed by atoms with Crippen LogP contribution in [0.15, 0.2) is 54.0 Å². The topological polar surface area (TPSA) is 73.3 Å². The molecule has 3 aromatic rings. The number of pyridine rings is 1. The lowest BCUT2D eigenvalue weighted by Gasteiger charge is -2.07. The van der Waals surface area contributed by atoms with Gasteiger partial charge >= 0.3 is 0 Å². The summed E-state index contributed by atoms with van der Waals surface area (Å²) in [5.41, 5.74) is 1.14. The minimum atomic E-state index is -0.225. The molecule has 0 bridgehead atoms. The van der Waals surface area contributed by atoms with Crippen LogP contribution in [0.3, 0.4) is 0 Å². The molecule has 0 aliphatic carbocycles. The number of carbonyl (C=O) groups excluding carboxylic acids is 1. The first-order chi connectivity index (χ1) is 12.3. The molecule has 0 spiro atoms. The molecule has 0 fully saturated rings. The first-order valence-corrected chi connectivity index (χ1v) is 8.56. The number of rotatable bonds is 7. The second-order valence-corrected chi connectivity index (χ2v) is 5.89. The van der Waals surface area contributed by atoms with Crippen LogP contribution in [0.1, 0.15) is 10.5 Å². The first kappa shape index (κ1) is 16.9. The Morgan fingerprint density at radius 3 is 2.68 bits per heavy atom. The lowest BCUT2D eigenvalue weighted by atomic mass is 10.3. The zero-order chi connectivity index (χ0) is 17.5. The molecule has 0 radical (unpaired) electrons. The summed E-state index contributed by atoms with van der Waals surface area (Å²) in [5, 5.41) is 5.24. The summed E-state index contributed by atoms with van der Waals surface area (Å²) < 4.78 is 10.7. The number of methoxy groups -OCH3 is 1. The Labute approximate surface area is 149 Å². The number of carbonyl (C=O) groups is 1. The van der Waals surface area contributed by atoms with Gasteiger partial charge in [-0.3, -0.25) is 9.78 Å². The lowest BCUT2D eigenvalue weighted by molar-refractivity contribution is 0.0943. The van der Waals surface area contributed by atoms with Gasteiger partial charge in [-0.05, 0) is 36.4 Å². The summed E-state index contributed by atoms with van der Waals surface area (Å²) in [4.78, 5) is 20.7. The summed E-state index contributed by atoms with van der Waals surface area (Å²) in [7, 11) is 1.61. The van der Waals surface area contributed by atoms with Gasteiger partial charge < -0.3 is 14.8 Å². The van der Waals surface area contributed by atoms with Crippen LogP contribution in [0, 0.1) is 0 Å². The van der Waals surface area contributed by atoms with Crippen molar-refractivity contribution in [1.29, 1.82) is 0 Å². The Balaban J connectivity index is 1.47. The second-order valence-electron chi connectivity index (χ2n) is 5.03. The van der Waals surface area contributed by atoms with E-state index in [9.17, 15) is 4.79 Å². The third kappa shape index (κ3) is 4.54. The fourth-order valence-electron chi connectivity index (χ4n) is 2.08. The van der Waals surface area contributed by atoms with Gasteiger partial charge in [-0.25, -0.2) is 4.98 Å². The molecule has 0 saturated heterocycles. The Hall–Kier alpha value is -2.93. The fraction of sp³-hybridized carbons (Fsp3) is 0.167. The molecule has 1 amide bonds. The number of hydrogen-bond donors (Lipinski definition) is 1. The minimum absolute atomic E-state index is 0.225. The molecule has 0 aliphatic rings. The second kappa shape index (κ2) is 8.25. The lowest BCUT2D eigenvalue weighted by Crippen LogP contribution is -2.28. The van der Waals surface area contributed by atoms with E-state index in [1.54, 1.807) is 18.7 Å². The molecular formula is C18H17N3O3S. The molecule has 2 heterocycles. The van der Waals surface area contributed by atoms with E-state index in [0.29, 0.717) is 18.8 Å². The molecule has 1 aromatic carbocycles. The van der Waals surface area contributed by atoms with E-state index in [1.807, 2.05) is 42.5 Å². The average molecular weight is 355 g/mol. The summed E-state index contributed by atoms with van der Waals surface area (Å²) in [5.74, 6) is 1.27. The molecule has 0 saturated carbocycles. The number of ether oxygens (including phenoxy) is 2. The van der Waals surface area contributed by atoms with E-state index in [4.69, 9.17) is 9.47 Å². The highest BCUT2D eigenvalue weighted by Gasteiger charge is 2.11. The SMILES string of the molecule is COc1ccc(OCCNC(=O)c2csc(-c3ccccn3)n2)cc1. The molecule has 128 valence electrons. The Morgan fingerprint density at radius 2 is 1.96 bits per heavy atom. The van der Waals surface area contributed by atoms with Crippen LogP contribution in [0.25, 0.3) is 10.7 Å². The molecular weight excluding hydrogens is 338 g/mol. The maximum atomic E-state index is 12.1. The van der Waals surface area contributed by atoms with Gasteiger partial charge in [0.15, 0.2) is 0 Å². The van der Waals surface area contributed by atoms with Crippen molar-refractivity contribution in [2.24, 2.45) is 0 Å². The van der Waals surface area contributed by atoms with Crippen molar-refractivity contribution < 1.29 is 14.3 Å². The van der Waals surface area contributed by atoms with Gasteiger partial charge in [0, 0.05) is 11.6 Å². The van der Waals surface area contributed by atoms with E-state index in [1.165, 1.54) is 11.3 Å². The fourth-order valence-corrected chi connectivity index (χ4v) is 2.86. The van der Waals surface area contributed by atoms with Crippen LogP contribution in [-0.2, 0) is 0 Å². The van der Waals surface area contributed by atoms with Crippen LogP contribution in [0.2, 0.25) is 0 Å². The molecule has 6 nitrogen and oxygen atoms in total. The van der Waals surface area contributed by atoms with Gasteiger partial charge in [0.2, 0.25) is 0 Å². The smallest absolute Gasteiger partial charge is 0.270 e.